The Morgan fingerprint density at radius 1 is 1.57 bits per heavy atom. The molecule has 0 radical (unpaired) electrons. The molecule has 0 fully saturated rings. The number of nitrogens with one attached hydrogen (secondary N) is 1. The van der Waals surface area contributed by atoms with E-state index in [9.17, 15) is 0 Å². The number of hydrogen-bond acceptors (Lipinski definition) is 3. The van der Waals surface area contributed by atoms with Crippen LogP contribution in [0, 0.1) is 10.1 Å². The second-order valence-corrected chi connectivity index (χ2v) is 0.486. The first kappa shape index (κ1) is 9.18. The molecule has 0 aliphatic heterocycles. The molecule has 6 heteroatoms. The fourth-order valence-electron chi connectivity index (χ4n) is 0. The molecule has 7 heavy (non-hydrogen) atoms. The first-order valence-corrected chi connectivity index (χ1v) is 1.19. The van der Waals surface area contributed by atoms with Crippen LogP contribution in [0.4, 0.5) is 4.79 Å². The van der Waals surface area contributed by atoms with E-state index in [4.69, 9.17) is 14.9 Å². The number of nitrogens with two attached hydrogens (primary N) is 2. The van der Waals surface area contributed by atoms with Crippen LogP contribution in [0.1, 0.15) is 0 Å². The molecule has 0 bridgehead atoms. The molecule has 0 rings (SSSR count). The van der Waals surface area contributed by atoms with E-state index in [1.54, 1.807) is 0 Å². The number of urea groups is 1. The third-order valence-corrected chi connectivity index (χ3v) is 0. The highest BCUT2D eigenvalue weighted by molar-refractivity contribution is 5.69. The Morgan fingerprint density at radius 2 is 1.57 bits per heavy atom. The molecule has 0 unspecified atom stereocenters. The lowest BCUT2D eigenvalue weighted by Crippen LogP contribution is -2.53. The first-order chi connectivity index (χ1) is 3.15. The van der Waals surface area contributed by atoms with Crippen molar-refractivity contribution in [3.8, 4) is 0 Å². The second-order valence-electron chi connectivity index (χ2n) is 0.486. The Balaban J connectivity index is 0. The summed E-state index contributed by atoms with van der Waals surface area (Å²) >= 11 is 0. The van der Waals surface area contributed by atoms with Gasteiger partial charge in [0.1, 0.15) is 0 Å². The van der Waals surface area contributed by atoms with Gasteiger partial charge in [-0.3, -0.25) is 10.1 Å². The summed E-state index contributed by atoms with van der Waals surface area (Å²) in [7, 11) is 0. The molecule has 0 saturated carbocycles. The van der Waals surface area contributed by atoms with Crippen LogP contribution in [-0.4, -0.2) is 6.03 Å². The minimum atomic E-state index is -0.833. The maximum absolute atomic E-state index is 9.00. The minimum Gasteiger partial charge on any atom is -0.352 e. The van der Waals surface area contributed by atoms with Crippen molar-refractivity contribution < 1.29 is 10.1 Å². The van der Waals surface area contributed by atoms with E-state index in [0.717, 1.165) is 0 Å². The number of amides is 2. The van der Waals surface area contributed by atoms with Gasteiger partial charge in [-0.05, 0) is 0 Å². The molecule has 0 aliphatic rings. The van der Waals surface area contributed by atoms with Gasteiger partial charge in [-0.2, -0.15) is 0 Å². The van der Waals surface area contributed by atoms with Crippen LogP contribution in [-0.2, 0) is 0 Å². The average molecular weight is 107 g/mol. The van der Waals surface area contributed by atoms with Gasteiger partial charge >= 0.3 is 6.03 Å². The first-order valence-electron chi connectivity index (χ1n) is 1.19. The van der Waals surface area contributed by atoms with E-state index in [0.29, 0.717) is 0 Å². The molecule has 0 aromatic rings. The largest absolute Gasteiger partial charge is 0.352 e. The molecule has 5 N–H and O–H groups in total. The van der Waals surface area contributed by atoms with Crippen molar-refractivity contribution in [1.29, 1.82) is 0 Å². The standard InChI is InChI=1S/CH4N2O.HNO2/c2-1(3)4;2-1-3/h(H4,2,3,4);1H. The zero-order valence-electron chi connectivity index (χ0n) is 3.38. The Labute approximate surface area is 39.0 Å². The van der Waals surface area contributed by atoms with Crippen LogP contribution in [0.2, 0.25) is 0 Å². The highest BCUT2D eigenvalue weighted by Gasteiger charge is 1.60. The molecule has 0 aromatic heterocycles. The number of hydrogen-bond donors (Lipinski definition) is 3. The number of rotatable bonds is 0. The fraction of sp³-hybridized carbons (Fsp3) is 0. The molecule has 42 valence electrons. The molecule has 2 amide bonds. The zero-order chi connectivity index (χ0) is 6.28. The summed E-state index contributed by atoms with van der Waals surface area (Å²) in [4.78, 5) is 17.1. The van der Waals surface area contributed by atoms with Gasteiger partial charge in [-0.1, -0.05) is 0 Å². The number of primary amides is 2. The highest BCUT2D eigenvalue weighted by Crippen LogP contribution is 1.25. The van der Waals surface area contributed by atoms with Gasteiger partial charge in [0.05, 0.1) is 0 Å². The summed E-state index contributed by atoms with van der Waals surface area (Å²) in [5.41, 5.74) is 8.50. The van der Waals surface area contributed by atoms with E-state index in [-0.39, 0.29) is 5.34 Å². The van der Waals surface area contributed by atoms with Crippen LogP contribution in [0.15, 0.2) is 0 Å². The normalized spacial score (nSPS) is 5.14. The summed E-state index contributed by atoms with van der Waals surface area (Å²) in [5.74, 6) is 0. The van der Waals surface area contributed by atoms with Crippen molar-refractivity contribution >= 4 is 6.03 Å². The zero-order valence-corrected chi connectivity index (χ0v) is 3.38. The van der Waals surface area contributed by atoms with Gasteiger partial charge in [0, 0.05) is 5.34 Å². The van der Waals surface area contributed by atoms with Gasteiger partial charge in [0.2, 0.25) is 0 Å². The lowest BCUT2D eigenvalue weighted by Gasteiger charge is -1.62. The van der Waals surface area contributed by atoms with Crippen LogP contribution in [0.25, 0.3) is 0 Å². The quantitative estimate of drug-likeness (QED) is 0.231. The second kappa shape index (κ2) is 8.82. The molecule has 0 spiro atoms. The van der Waals surface area contributed by atoms with Gasteiger partial charge in [-0.15, -0.1) is 0 Å². The summed E-state index contributed by atoms with van der Waals surface area (Å²) < 4.78 is 0. The molecular formula is CH5N3O3. The maximum atomic E-state index is 9.00. The van der Waals surface area contributed by atoms with Crippen molar-refractivity contribution in [2.24, 2.45) is 11.5 Å². The smallest absolute Gasteiger partial charge is 0.309 e. The van der Waals surface area contributed by atoms with Crippen molar-refractivity contribution in [1.82, 2.24) is 0 Å². The summed E-state index contributed by atoms with van der Waals surface area (Å²) in [5, 5.41) is 8.38. The van der Waals surface area contributed by atoms with Crippen molar-refractivity contribution in [2.45, 2.75) is 0 Å². The summed E-state index contributed by atoms with van der Waals surface area (Å²) in [6.07, 6.45) is 0. The van der Waals surface area contributed by atoms with Gasteiger partial charge < -0.3 is 11.5 Å². The Morgan fingerprint density at radius 3 is 1.57 bits per heavy atom. The van der Waals surface area contributed by atoms with Crippen molar-refractivity contribution in [2.75, 3.05) is 0 Å². The van der Waals surface area contributed by atoms with Crippen molar-refractivity contribution in [3.63, 3.8) is 0 Å². The third-order valence-electron chi connectivity index (χ3n) is 0. The predicted octanol–water partition coefficient (Wildman–Crippen LogP) is -2.65. The van der Waals surface area contributed by atoms with E-state index < -0.39 is 6.03 Å². The Kier molecular flexibility index (Phi) is 11.6. The van der Waals surface area contributed by atoms with E-state index in [2.05, 4.69) is 11.5 Å². The molecule has 0 saturated heterocycles. The van der Waals surface area contributed by atoms with E-state index in [1.807, 2.05) is 0 Å². The molecular weight excluding hydrogens is 102 g/mol. The monoisotopic (exact) mass is 107 g/mol. The molecule has 0 heterocycles. The number of carbonyl (C=O) groups is 1. The fourth-order valence-corrected chi connectivity index (χ4v) is 0. The Hall–Kier alpha value is -1.33. The molecule has 0 aliphatic carbocycles. The molecule has 6 nitrogen and oxygen atoms in total. The maximum Gasteiger partial charge on any atom is 0.309 e. The van der Waals surface area contributed by atoms with Crippen LogP contribution >= 0.6 is 0 Å². The highest BCUT2D eigenvalue weighted by atomic mass is 16.6. The lowest BCUT2D eigenvalue weighted by atomic mass is 11.2. The average Bonchev–Trinajstić information content (AvgIpc) is 1.33. The van der Waals surface area contributed by atoms with E-state index in [1.165, 1.54) is 0 Å². The van der Waals surface area contributed by atoms with Gasteiger partial charge in [0.25, 0.3) is 0 Å². The van der Waals surface area contributed by atoms with E-state index >= 15 is 0 Å². The topological polar surface area (TPSA) is 123 Å². The van der Waals surface area contributed by atoms with Crippen LogP contribution < -0.4 is 16.8 Å². The Bertz CT molecular complexity index is 57.2. The third kappa shape index (κ3) is 18.8. The predicted molar refractivity (Wildman–Crippen MR) is 21.5 cm³/mol. The lowest BCUT2D eigenvalue weighted by molar-refractivity contribution is -0.398. The summed E-state index contributed by atoms with van der Waals surface area (Å²) in [6, 6.07) is -0.833. The minimum absolute atomic E-state index is 0.250. The van der Waals surface area contributed by atoms with Crippen LogP contribution in [0.5, 0.6) is 0 Å². The van der Waals surface area contributed by atoms with Gasteiger partial charge in [-0.25, -0.2) is 4.79 Å². The SMILES string of the molecule is NC(N)=O.O=[NH+][O-]. The molecule has 0 atom stereocenters. The molecule has 0 aromatic carbocycles. The summed E-state index contributed by atoms with van der Waals surface area (Å²) in [6.45, 7) is 0. The number of carbonyl (C=O) groups excluding carboxylic acids is 1. The van der Waals surface area contributed by atoms with Crippen molar-refractivity contribution in [3.05, 3.63) is 10.1 Å². The van der Waals surface area contributed by atoms with Crippen LogP contribution in [0.3, 0.4) is 0 Å². The van der Waals surface area contributed by atoms with Gasteiger partial charge in [0.15, 0.2) is 0 Å².